The van der Waals surface area contributed by atoms with Crippen LogP contribution < -0.4 is 0 Å². The number of ether oxygens (including phenoxy) is 1. The fourth-order valence-corrected chi connectivity index (χ4v) is 2.11. The van der Waals surface area contributed by atoms with Crippen LogP contribution in [0, 0.1) is 10.1 Å². The molecule has 0 spiro atoms. The Hall–Kier alpha value is -1.28. The van der Waals surface area contributed by atoms with Crippen LogP contribution in [-0.2, 0) is 10.9 Å². The Labute approximate surface area is 105 Å². The third kappa shape index (κ3) is 3.88. The van der Waals surface area contributed by atoms with E-state index in [1.54, 1.807) is 0 Å². The van der Waals surface area contributed by atoms with E-state index in [-0.39, 0.29) is 4.90 Å². The van der Waals surface area contributed by atoms with E-state index < -0.39 is 22.4 Å². The lowest BCUT2D eigenvalue weighted by Gasteiger charge is -2.08. The normalized spacial score (nSPS) is 11.6. The first-order chi connectivity index (χ1) is 8.36. The van der Waals surface area contributed by atoms with Crippen LogP contribution in [0.5, 0.6) is 0 Å². The van der Waals surface area contributed by atoms with E-state index in [1.807, 2.05) is 0 Å². The van der Waals surface area contributed by atoms with Crippen molar-refractivity contribution in [2.24, 2.45) is 0 Å². The van der Waals surface area contributed by atoms with E-state index in [0.717, 1.165) is 23.9 Å². The Bertz CT molecular complexity index is 437. The first-order valence-electron chi connectivity index (χ1n) is 4.83. The minimum Gasteiger partial charge on any atom is -0.384 e. The average molecular weight is 281 g/mol. The van der Waals surface area contributed by atoms with Crippen molar-refractivity contribution in [1.29, 1.82) is 0 Å². The molecule has 1 aromatic rings. The zero-order valence-corrected chi connectivity index (χ0v) is 10.2. The summed E-state index contributed by atoms with van der Waals surface area (Å²) in [6, 6.07) is 2.50. The fourth-order valence-electron chi connectivity index (χ4n) is 1.19. The number of rotatable bonds is 5. The van der Waals surface area contributed by atoms with E-state index in [4.69, 9.17) is 4.74 Å². The number of benzene rings is 1. The van der Waals surface area contributed by atoms with Gasteiger partial charge >= 0.3 is 6.18 Å². The highest BCUT2D eigenvalue weighted by atomic mass is 32.2. The van der Waals surface area contributed by atoms with Gasteiger partial charge in [0.05, 0.1) is 22.0 Å². The predicted molar refractivity (Wildman–Crippen MR) is 60.7 cm³/mol. The topological polar surface area (TPSA) is 52.4 Å². The van der Waals surface area contributed by atoms with E-state index in [0.29, 0.717) is 18.4 Å². The zero-order valence-electron chi connectivity index (χ0n) is 9.36. The van der Waals surface area contributed by atoms with Crippen molar-refractivity contribution in [2.75, 3.05) is 19.5 Å². The quantitative estimate of drug-likeness (QED) is 0.359. The van der Waals surface area contributed by atoms with Crippen molar-refractivity contribution in [3.8, 4) is 0 Å². The lowest BCUT2D eigenvalue weighted by atomic mass is 10.2. The summed E-state index contributed by atoms with van der Waals surface area (Å²) in [6.45, 7) is 0.364. The predicted octanol–water partition coefficient (Wildman–Crippen LogP) is 3.35. The lowest BCUT2D eigenvalue weighted by molar-refractivity contribution is -0.388. The molecule has 4 nitrogen and oxygen atoms in total. The van der Waals surface area contributed by atoms with Gasteiger partial charge in [0, 0.05) is 18.9 Å². The second kappa shape index (κ2) is 6.05. The van der Waals surface area contributed by atoms with Gasteiger partial charge in [-0.15, -0.1) is 11.8 Å². The number of thioether (sulfide) groups is 1. The van der Waals surface area contributed by atoms with Crippen LogP contribution in [0.25, 0.3) is 0 Å². The third-order valence-corrected chi connectivity index (χ3v) is 3.06. The summed E-state index contributed by atoms with van der Waals surface area (Å²) in [7, 11) is 1.47. The summed E-state index contributed by atoms with van der Waals surface area (Å²) in [6.07, 6.45) is -4.58. The third-order valence-electron chi connectivity index (χ3n) is 2.03. The van der Waals surface area contributed by atoms with Gasteiger partial charge in [-0.2, -0.15) is 13.2 Å². The van der Waals surface area contributed by atoms with Crippen LogP contribution >= 0.6 is 11.8 Å². The molecule has 0 radical (unpaired) electrons. The number of halogens is 3. The maximum atomic E-state index is 12.4. The van der Waals surface area contributed by atoms with Gasteiger partial charge in [-0.25, -0.2) is 0 Å². The van der Waals surface area contributed by atoms with Crippen LogP contribution in [0.3, 0.4) is 0 Å². The molecule has 0 aliphatic rings. The SMILES string of the molecule is COCCSc1ccc(C(F)(F)F)cc1[N+](=O)[O-]. The van der Waals surface area contributed by atoms with Gasteiger partial charge in [-0.3, -0.25) is 10.1 Å². The molecule has 0 aromatic heterocycles. The minimum atomic E-state index is -4.58. The number of hydrogen-bond donors (Lipinski definition) is 0. The number of alkyl halides is 3. The van der Waals surface area contributed by atoms with Crippen molar-refractivity contribution >= 4 is 17.4 Å². The standard InChI is InChI=1S/C10H10F3NO3S/c1-17-4-5-18-9-3-2-7(10(11,12)13)6-8(9)14(15)16/h2-3,6H,4-5H2,1H3. The van der Waals surface area contributed by atoms with Gasteiger partial charge in [0.2, 0.25) is 0 Å². The number of nitrogens with zero attached hydrogens (tertiary/aromatic N) is 1. The maximum absolute atomic E-state index is 12.4. The number of nitro groups is 1. The van der Waals surface area contributed by atoms with Crippen LogP contribution in [0.15, 0.2) is 23.1 Å². The van der Waals surface area contributed by atoms with Crippen molar-refractivity contribution in [3.05, 3.63) is 33.9 Å². The lowest BCUT2D eigenvalue weighted by Crippen LogP contribution is -2.06. The number of nitro benzene ring substituents is 1. The molecule has 0 fully saturated rings. The van der Waals surface area contributed by atoms with E-state index in [2.05, 4.69) is 0 Å². The van der Waals surface area contributed by atoms with Crippen molar-refractivity contribution in [2.45, 2.75) is 11.1 Å². The van der Waals surface area contributed by atoms with Crippen molar-refractivity contribution in [3.63, 3.8) is 0 Å². The van der Waals surface area contributed by atoms with Gasteiger partial charge in [-0.1, -0.05) is 0 Å². The monoisotopic (exact) mass is 281 g/mol. The van der Waals surface area contributed by atoms with Crippen LogP contribution in [-0.4, -0.2) is 24.4 Å². The molecule has 0 aliphatic heterocycles. The van der Waals surface area contributed by atoms with Crippen LogP contribution in [0.4, 0.5) is 18.9 Å². The van der Waals surface area contributed by atoms with Crippen molar-refractivity contribution in [1.82, 2.24) is 0 Å². The molecule has 0 saturated heterocycles. The molecule has 0 saturated carbocycles. The summed E-state index contributed by atoms with van der Waals surface area (Å²) in [4.78, 5) is 10.1. The molecule has 18 heavy (non-hydrogen) atoms. The summed E-state index contributed by atoms with van der Waals surface area (Å²) in [5.41, 5.74) is -1.56. The summed E-state index contributed by atoms with van der Waals surface area (Å²) >= 11 is 1.09. The molecule has 0 amide bonds. The molecular formula is C10H10F3NO3S. The first-order valence-corrected chi connectivity index (χ1v) is 5.82. The average Bonchev–Trinajstić information content (AvgIpc) is 2.28. The summed E-state index contributed by atoms with van der Waals surface area (Å²) < 4.78 is 42.0. The molecule has 0 unspecified atom stereocenters. The van der Waals surface area contributed by atoms with E-state index in [1.165, 1.54) is 7.11 Å². The van der Waals surface area contributed by atoms with Gasteiger partial charge in [0.25, 0.3) is 5.69 Å². The second-order valence-corrected chi connectivity index (χ2v) is 4.42. The Morgan fingerprint density at radius 1 is 1.44 bits per heavy atom. The number of methoxy groups -OCH3 is 1. The molecule has 0 bridgehead atoms. The van der Waals surface area contributed by atoms with Gasteiger partial charge in [0.1, 0.15) is 0 Å². The number of hydrogen-bond acceptors (Lipinski definition) is 4. The van der Waals surface area contributed by atoms with E-state index >= 15 is 0 Å². The van der Waals surface area contributed by atoms with Gasteiger partial charge in [0.15, 0.2) is 0 Å². The molecule has 0 heterocycles. The Kier molecular flexibility index (Phi) is 4.97. The van der Waals surface area contributed by atoms with Gasteiger partial charge < -0.3 is 4.74 Å². The van der Waals surface area contributed by atoms with Crippen LogP contribution in [0.1, 0.15) is 5.56 Å². The highest BCUT2D eigenvalue weighted by Gasteiger charge is 2.32. The first kappa shape index (κ1) is 14.8. The molecule has 1 rings (SSSR count). The Morgan fingerprint density at radius 3 is 2.61 bits per heavy atom. The maximum Gasteiger partial charge on any atom is 0.416 e. The highest BCUT2D eigenvalue weighted by molar-refractivity contribution is 7.99. The molecule has 1 aromatic carbocycles. The summed E-state index contributed by atoms with van der Waals surface area (Å²) in [5, 5.41) is 10.7. The molecular weight excluding hydrogens is 271 g/mol. The molecule has 8 heteroatoms. The second-order valence-electron chi connectivity index (χ2n) is 3.28. The van der Waals surface area contributed by atoms with Gasteiger partial charge in [-0.05, 0) is 12.1 Å². The highest BCUT2D eigenvalue weighted by Crippen LogP contribution is 2.36. The van der Waals surface area contributed by atoms with Crippen molar-refractivity contribution < 1.29 is 22.8 Å². The molecule has 0 aliphatic carbocycles. The molecule has 100 valence electrons. The Balaban J connectivity index is 3.01. The van der Waals surface area contributed by atoms with Crippen LogP contribution in [0.2, 0.25) is 0 Å². The zero-order chi connectivity index (χ0) is 13.8. The minimum absolute atomic E-state index is 0.199. The Morgan fingerprint density at radius 2 is 2.11 bits per heavy atom. The molecule has 0 N–H and O–H groups in total. The smallest absolute Gasteiger partial charge is 0.384 e. The summed E-state index contributed by atoms with van der Waals surface area (Å²) in [5.74, 6) is 0.433. The largest absolute Gasteiger partial charge is 0.416 e. The fraction of sp³-hybridized carbons (Fsp3) is 0.400. The molecule has 0 atom stereocenters. The van der Waals surface area contributed by atoms with E-state index in [9.17, 15) is 23.3 Å².